The first kappa shape index (κ1) is 26.2. The van der Waals surface area contributed by atoms with Crippen molar-refractivity contribution in [3.8, 4) is 6.07 Å². The molecule has 2 heterocycles. The van der Waals surface area contributed by atoms with Gasteiger partial charge in [-0.15, -0.1) is 11.8 Å². The molecule has 34 heavy (non-hydrogen) atoms. The molecule has 1 aromatic rings. The number of halogens is 3. The number of nitrogens with one attached hydrogen (secondary N) is 2. The molecule has 2 N–H and O–H groups in total. The third-order valence-electron chi connectivity index (χ3n) is 6.01. The molecular weight excluding hydrogens is 467 g/mol. The van der Waals surface area contributed by atoms with E-state index in [9.17, 15) is 28.0 Å². The molecule has 0 unspecified atom stereocenters. The molecule has 186 valence electrons. The summed E-state index contributed by atoms with van der Waals surface area (Å²) in [6.45, 7) is 4.04. The summed E-state index contributed by atoms with van der Waals surface area (Å²) >= 11 is 1.14. The zero-order chi connectivity index (χ0) is 24.7. The largest absolute Gasteiger partial charge is 0.405 e. The lowest BCUT2D eigenvalue weighted by molar-refractivity contribution is -0.141. The van der Waals surface area contributed by atoms with E-state index in [1.54, 1.807) is 18.3 Å². The van der Waals surface area contributed by atoms with Gasteiger partial charge in [0.1, 0.15) is 17.2 Å². The number of carbonyl (C=O) groups excluding carboxylic acids is 2. The Bertz CT molecular complexity index is 901. The van der Waals surface area contributed by atoms with Crippen LogP contribution in [-0.4, -0.2) is 77.7 Å². The topological polar surface area (TPSA) is 88.5 Å². The van der Waals surface area contributed by atoms with Crippen LogP contribution < -0.4 is 10.6 Å². The number of anilines is 1. The molecule has 3 atom stereocenters. The van der Waals surface area contributed by atoms with E-state index in [2.05, 4.69) is 22.3 Å². The van der Waals surface area contributed by atoms with Gasteiger partial charge in [0.15, 0.2) is 5.92 Å². The van der Waals surface area contributed by atoms with Gasteiger partial charge < -0.3 is 20.4 Å². The summed E-state index contributed by atoms with van der Waals surface area (Å²) in [7, 11) is 0. The first-order chi connectivity index (χ1) is 16.2. The van der Waals surface area contributed by atoms with Crippen LogP contribution in [0, 0.1) is 17.2 Å². The number of carbonyl (C=O) groups is 2. The quantitative estimate of drug-likeness (QED) is 0.517. The standard InChI is InChI=1S/C23H30F3N5O2S/c1-2-31-21(33)19(34-22(31)18(13-27)20(32)29-15-23(24,25)26)14-28-17-7-5-6-16(12-17)8-11-30-9-3-4-10-30/h5-7,12,18-19,22,28H,2-4,8-11,14-15H2,1H3,(H,29,32)/t18-,19+,22+/m1/s1. The van der Waals surface area contributed by atoms with Crippen LogP contribution in [-0.2, 0) is 16.0 Å². The second-order valence-electron chi connectivity index (χ2n) is 8.46. The van der Waals surface area contributed by atoms with Crippen LogP contribution in [0.25, 0.3) is 0 Å². The molecule has 7 nitrogen and oxygen atoms in total. The van der Waals surface area contributed by atoms with Crippen molar-refractivity contribution >= 4 is 29.3 Å². The van der Waals surface area contributed by atoms with Gasteiger partial charge in [-0.3, -0.25) is 9.59 Å². The van der Waals surface area contributed by atoms with Crippen LogP contribution in [0.2, 0.25) is 0 Å². The molecule has 0 bridgehead atoms. The Morgan fingerprint density at radius 2 is 2.06 bits per heavy atom. The summed E-state index contributed by atoms with van der Waals surface area (Å²) < 4.78 is 37.4. The van der Waals surface area contributed by atoms with E-state index in [0.29, 0.717) is 0 Å². The third kappa shape index (κ3) is 7.03. The van der Waals surface area contributed by atoms with Crippen molar-refractivity contribution in [2.75, 3.05) is 44.6 Å². The summed E-state index contributed by atoms with van der Waals surface area (Å²) in [4.78, 5) is 29.0. The number of amides is 2. The Kier molecular flexibility index (Phi) is 9.08. The van der Waals surface area contributed by atoms with E-state index in [4.69, 9.17) is 0 Å². The fraction of sp³-hybridized carbons (Fsp3) is 0.609. The fourth-order valence-electron chi connectivity index (χ4n) is 4.23. The maximum Gasteiger partial charge on any atom is 0.405 e. The molecule has 0 saturated carbocycles. The van der Waals surface area contributed by atoms with Crippen LogP contribution in [0.1, 0.15) is 25.3 Å². The number of nitrogens with zero attached hydrogens (tertiary/aromatic N) is 3. The maximum atomic E-state index is 12.9. The molecule has 1 aromatic carbocycles. The summed E-state index contributed by atoms with van der Waals surface area (Å²) in [6, 6.07) is 9.79. The summed E-state index contributed by atoms with van der Waals surface area (Å²) in [5.74, 6) is -2.66. The molecule has 0 aromatic heterocycles. The molecule has 0 aliphatic carbocycles. The fourth-order valence-corrected chi connectivity index (χ4v) is 5.74. The molecular formula is C23H30F3N5O2S. The van der Waals surface area contributed by atoms with Crippen molar-refractivity contribution in [2.45, 2.75) is 43.0 Å². The minimum Gasteiger partial charge on any atom is -0.383 e. The van der Waals surface area contributed by atoms with Crippen molar-refractivity contribution in [3.05, 3.63) is 29.8 Å². The number of hydrogen-bond acceptors (Lipinski definition) is 6. The summed E-state index contributed by atoms with van der Waals surface area (Å²) in [5, 5.41) is 13.1. The van der Waals surface area contributed by atoms with Gasteiger partial charge in [0.25, 0.3) is 0 Å². The molecule has 11 heteroatoms. The Labute approximate surface area is 202 Å². The first-order valence-electron chi connectivity index (χ1n) is 11.5. The van der Waals surface area contributed by atoms with Gasteiger partial charge in [-0.2, -0.15) is 18.4 Å². The Hall–Kier alpha value is -2.45. The van der Waals surface area contributed by atoms with E-state index < -0.39 is 35.2 Å². The highest BCUT2D eigenvalue weighted by molar-refractivity contribution is 8.01. The number of rotatable bonds is 10. The monoisotopic (exact) mass is 497 g/mol. The molecule has 2 aliphatic heterocycles. The van der Waals surface area contributed by atoms with Gasteiger partial charge in [0.2, 0.25) is 11.8 Å². The van der Waals surface area contributed by atoms with Gasteiger partial charge in [-0.25, -0.2) is 0 Å². The normalized spacial score (nSPS) is 22.0. The molecule has 2 amide bonds. The number of likely N-dealkylation sites (tertiary alicyclic amines) is 1. The van der Waals surface area contributed by atoms with Gasteiger partial charge in [-0.05, 0) is 57.0 Å². The van der Waals surface area contributed by atoms with E-state index >= 15 is 0 Å². The van der Waals surface area contributed by atoms with Crippen LogP contribution in [0.15, 0.2) is 24.3 Å². The Morgan fingerprint density at radius 1 is 1.32 bits per heavy atom. The van der Waals surface area contributed by atoms with Crippen molar-refractivity contribution < 1.29 is 22.8 Å². The SMILES string of the molecule is CCN1C(=O)[C@H](CNc2cccc(CCN3CCCC3)c2)S[C@H]1[C@H](C#N)C(=O)NCC(F)(F)F. The smallest absolute Gasteiger partial charge is 0.383 e. The highest BCUT2D eigenvalue weighted by atomic mass is 32.2. The molecule has 2 aliphatic rings. The lowest BCUT2D eigenvalue weighted by Crippen LogP contribution is -2.45. The van der Waals surface area contributed by atoms with Crippen molar-refractivity contribution in [3.63, 3.8) is 0 Å². The van der Waals surface area contributed by atoms with Crippen LogP contribution in [0.5, 0.6) is 0 Å². The molecule has 0 spiro atoms. The van der Waals surface area contributed by atoms with Crippen molar-refractivity contribution in [1.29, 1.82) is 5.26 Å². The number of thioether (sulfide) groups is 1. The average molecular weight is 498 g/mol. The highest BCUT2D eigenvalue weighted by Crippen LogP contribution is 2.36. The van der Waals surface area contributed by atoms with E-state index in [1.165, 1.54) is 23.3 Å². The average Bonchev–Trinajstić information content (AvgIpc) is 3.43. The summed E-state index contributed by atoms with van der Waals surface area (Å²) in [6.07, 6.45) is -1.13. The van der Waals surface area contributed by atoms with Gasteiger partial charge in [0, 0.05) is 25.3 Å². The second-order valence-corrected chi connectivity index (χ2v) is 9.78. The maximum absolute atomic E-state index is 12.9. The van der Waals surface area contributed by atoms with Crippen LogP contribution >= 0.6 is 11.8 Å². The van der Waals surface area contributed by atoms with Crippen molar-refractivity contribution in [1.82, 2.24) is 15.1 Å². The minimum atomic E-state index is -4.58. The van der Waals surface area contributed by atoms with Gasteiger partial charge in [0.05, 0.1) is 6.07 Å². The number of alkyl halides is 3. The summed E-state index contributed by atoms with van der Waals surface area (Å²) in [5.41, 5.74) is 2.07. The predicted molar refractivity (Wildman–Crippen MR) is 125 cm³/mol. The lowest BCUT2D eigenvalue weighted by Gasteiger charge is -2.25. The third-order valence-corrected chi connectivity index (χ3v) is 7.52. The Morgan fingerprint density at radius 3 is 2.71 bits per heavy atom. The molecule has 2 saturated heterocycles. The number of benzene rings is 1. The number of nitriles is 1. The van der Waals surface area contributed by atoms with E-state index in [0.717, 1.165) is 43.5 Å². The molecule has 0 radical (unpaired) electrons. The molecule has 2 fully saturated rings. The highest BCUT2D eigenvalue weighted by Gasteiger charge is 2.46. The lowest BCUT2D eigenvalue weighted by atomic mass is 10.1. The van der Waals surface area contributed by atoms with Crippen LogP contribution in [0.3, 0.4) is 0 Å². The van der Waals surface area contributed by atoms with E-state index in [-0.39, 0.29) is 19.0 Å². The second kappa shape index (κ2) is 11.8. The minimum absolute atomic E-state index is 0.237. The predicted octanol–water partition coefficient (Wildman–Crippen LogP) is 2.85. The van der Waals surface area contributed by atoms with Crippen LogP contribution in [0.4, 0.5) is 18.9 Å². The molecule has 3 rings (SSSR count). The van der Waals surface area contributed by atoms with Gasteiger partial charge >= 0.3 is 6.18 Å². The zero-order valence-electron chi connectivity index (χ0n) is 19.1. The zero-order valence-corrected chi connectivity index (χ0v) is 19.9. The van der Waals surface area contributed by atoms with Gasteiger partial charge in [-0.1, -0.05) is 12.1 Å². The van der Waals surface area contributed by atoms with Crippen molar-refractivity contribution in [2.24, 2.45) is 5.92 Å². The first-order valence-corrected chi connectivity index (χ1v) is 12.4. The van der Waals surface area contributed by atoms with E-state index in [1.807, 2.05) is 12.1 Å². The number of hydrogen-bond donors (Lipinski definition) is 2. The Balaban J connectivity index is 1.58.